The summed E-state index contributed by atoms with van der Waals surface area (Å²) in [6.45, 7) is 2.24. The Bertz CT molecular complexity index is 835. The van der Waals surface area contributed by atoms with Crippen LogP contribution in [0.3, 0.4) is 0 Å². The quantitative estimate of drug-likeness (QED) is 0.897. The molecule has 2 amide bonds. The first-order valence-electron chi connectivity index (χ1n) is 8.11. The van der Waals surface area contributed by atoms with Gasteiger partial charge in [-0.05, 0) is 48.7 Å². The third-order valence-corrected chi connectivity index (χ3v) is 4.31. The van der Waals surface area contributed by atoms with E-state index in [9.17, 15) is 19.1 Å². The molecule has 0 unspecified atom stereocenters. The highest BCUT2D eigenvalue weighted by molar-refractivity contribution is 6.06. The van der Waals surface area contributed by atoms with E-state index < -0.39 is 11.7 Å². The predicted molar refractivity (Wildman–Crippen MR) is 93.0 cm³/mol. The molecule has 0 radical (unpaired) electrons. The molecule has 2 N–H and O–H groups in total. The molecule has 1 fully saturated rings. The van der Waals surface area contributed by atoms with Gasteiger partial charge in [-0.2, -0.15) is 0 Å². The van der Waals surface area contributed by atoms with E-state index in [1.165, 1.54) is 18.2 Å². The van der Waals surface area contributed by atoms with Crippen molar-refractivity contribution in [2.45, 2.75) is 26.4 Å². The molecule has 6 heteroatoms. The van der Waals surface area contributed by atoms with E-state index >= 15 is 0 Å². The summed E-state index contributed by atoms with van der Waals surface area (Å²) in [5.41, 5.74) is 2.37. The molecule has 25 heavy (non-hydrogen) atoms. The zero-order chi connectivity index (χ0) is 18.0. The molecule has 2 aromatic carbocycles. The number of halogens is 1. The number of carbonyl (C=O) groups excluding carboxylic acids is 2. The molecule has 1 aliphatic rings. The lowest BCUT2D eigenvalue weighted by atomic mass is 10.1. The van der Waals surface area contributed by atoms with Crippen LogP contribution in [-0.2, 0) is 11.4 Å². The molecule has 1 saturated heterocycles. The minimum atomic E-state index is -0.649. The number of hydrogen-bond donors (Lipinski definition) is 2. The van der Waals surface area contributed by atoms with Crippen molar-refractivity contribution >= 4 is 23.2 Å². The summed E-state index contributed by atoms with van der Waals surface area (Å²) < 4.78 is 14.1. The van der Waals surface area contributed by atoms with E-state index in [2.05, 4.69) is 5.32 Å². The normalized spacial score (nSPS) is 14.0. The molecule has 1 heterocycles. The van der Waals surface area contributed by atoms with Crippen LogP contribution >= 0.6 is 0 Å². The van der Waals surface area contributed by atoms with Crippen LogP contribution in [0.4, 0.5) is 15.8 Å². The minimum Gasteiger partial charge on any atom is -0.392 e. The maximum absolute atomic E-state index is 14.1. The number of nitrogens with zero attached hydrogens (tertiary/aromatic N) is 1. The van der Waals surface area contributed by atoms with Crippen LogP contribution in [0.2, 0.25) is 0 Å². The molecule has 0 spiro atoms. The Morgan fingerprint density at radius 1 is 1.28 bits per heavy atom. The van der Waals surface area contributed by atoms with Gasteiger partial charge in [0, 0.05) is 24.3 Å². The van der Waals surface area contributed by atoms with Gasteiger partial charge in [0.05, 0.1) is 12.2 Å². The molecule has 0 bridgehead atoms. The highest BCUT2D eigenvalue weighted by Crippen LogP contribution is 2.25. The van der Waals surface area contributed by atoms with Gasteiger partial charge >= 0.3 is 0 Å². The Kier molecular flexibility index (Phi) is 4.81. The van der Waals surface area contributed by atoms with E-state index in [1.54, 1.807) is 23.1 Å². The highest BCUT2D eigenvalue weighted by atomic mass is 19.1. The van der Waals surface area contributed by atoms with Gasteiger partial charge in [-0.3, -0.25) is 9.59 Å². The lowest BCUT2D eigenvalue weighted by molar-refractivity contribution is -0.117. The second-order valence-electron chi connectivity index (χ2n) is 6.07. The number of aryl methyl sites for hydroxylation is 1. The second kappa shape index (κ2) is 7.03. The molecular formula is C19H19FN2O3. The number of amides is 2. The molecule has 0 saturated carbocycles. The van der Waals surface area contributed by atoms with Gasteiger partial charge in [-0.1, -0.05) is 12.1 Å². The van der Waals surface area contributed by atoms with Crippen LogP contribution in [0.1, 0.15) is 34.3 Å². The third kappa shape index (κ3) is 3.53. The van der Waals surface area contributed by atoms with Crippen molar-refractivity contribution in [3.63, 3.8) is 0 Å². The summed E-state index contributed by atoms with van der Waals surface area (Å²) >= 11 is 0. The maximum Gasteiger partial charge on any atom is 0.258 e. The van der Waals surface area contributed by atoms with Crippen molar-refractivity contribution in [3.05, 3.63) is 58.9 Å². The van der Waals surface area contributed by atoms with Gasteiger partial charge < -0.3 is 15.3 Å². The number of nitrogens with one attached hydrogen (secondary N) is 1. The van der Waals surface area contributed by atoms with Crippen molar-refractivity contribution in [1.29, 1.82) is 0 Å². The van der Waals surface area contributed by atoms with Crippen LogP contribution in [-0.4, -0.2) is 23.5 Å². The highest BCUT2D eigenvalue weighted by Gasteiger charge is 2.23. The first kappa shape index (κ1) is 17.1. The van der Waals surface area contributed by atoms with Gasteiger partial charge in [0.1, 0.15) is 5.82 Å². The average Bonchev–Trinajstić information content (AvgIpc) is 3.03. The van der Waals surface area contributed by atoms with Crippen LogP contribution in [0, 0.1) is 12.7 Å². The molecule has 1 aliphatic heterocycles. The topological polar surface area (TPSA) is 69.6 Å². The summed E-state index contributed by atoms with van der Waals surface area (Å²) in [7, 11) is 0. The largest absolute Gasteiger partial charge is 0.392 e. The van der Waals surface area contributed by atoms with Crippen molar-refractivity contribution in [2.75, 3.05) is 16.8 Å². The van der Waals surface area contributed by atoms with Crippen LogP contribution < -0.4 is 10.2 Å². The summed E-state index contributed by atoms with van der Waals surface area (Å²) in [4.78, 5) is 25.9. The van der Waals surface area contributed by atoms with Crippen molar-refractivity contribution in [3.8, 4) is 0 Å². The van der Waals surface area contributed by atoms with Gasteiger partial charge in [-0.15, -0.1) is 0 Å². The number of hydrogen-bond acceptors (Lipinski definition) is 3. The summed E-state index contributed by atoms with van der Waals surface area (Å²) in [6, 6.07) is 9.29. The number of carbonyl (C=O) groups is 2. The minimum absolute atomic E-state index is 0.0237. The van der Waals surface area contributed by atoms with Gasteiger partial charge in [-0.25, -0.2) is 4.39 Å². The van der Waals surface area contributed by atoms with Gasteiger partial charge in [0.15, 0.2) is 0 Å². The number of aliphatic hydroxyl groups excluding tert-OH is 1. The third-order valence-electron chi connectivity index (χ3n) is 4.31. The van der Waals surface area contributed by atoms with Gasteiger partial charge in [0.25, 0.3) is 5.91 Å². The lowest BCUT2D eigenvalue weighted by Crippen LogP contribution is -2.24. The fraction of sp³-hybridized carbons (Fsp3) is 0.263. The molecule has 2 aromatic rings. The monoisotopic (exact) mass is 342 g/mol. The Morgan fingerprint density at radius 3 is 2.76 bits per heavy atom. The number of anilines is 2. The molecule has 0 aromatic heterocycles. The SMILES string of the molecule is Cc1ccc(CO)cc1NC(=O)c1cc(N2CCCC2=O)ccc1F. The summed E-state index contributed by atoms with van der Waals surface area (Å²) in [5, 5.41) is 11.9. The van der Waals surface area contributed by atoms with E-state index in [4.69, 9.17) is 0 Å². The molecule has 3 rings (SSSR count). The van der Waals surface area contributed by atoms with E-state index in [0.29, 0.717) is 29.9 Å². The number of rotatable bonds is 4. The fourth-order valence-electron chi connectivity index (χ4n) is 2.87. The Morgan fingerprint density at radius 2 is 2.08 bits per heavy atom. The number of aliphatic hydroxyl groups is 1. The first-order chi connectivity index (χ1) is 12.0. The molecule has 0 atom stereocenters. The fourth-order valence-corrected chi connectivity index (χ4v) is 2.87. The first-order valence-corrected chi connectivity index (χ1v) is 8.11. The van der Waals surface area contributed by atoms with E-state index in [1.807, 2.05) is 6.92 Å². The predicted octanol–water partition coefficient (Wildman–Crippen LogP) is 3.01. The van der Waals surface area contributed by atoms with Crippen molar-refractivity contribution < 1.29 is 19.1 Å². The molecular weight excluding hydrogens is 323 g/mol. The van der Waals surface area contributed by atoms with Crippen molar-refractivity contribution in [2.24, 2.45) is 0 Å². The van der Waals surface area contributed by atoms with Crippen LogP contribution in [0.5, 0.6) is 0 Å². The molecule has 130 valence electrons. The van der Waals surface area contributed by atoms with E-state index in [-0.39, 0.29) is 18.1 Å². The van der Waals surface area contributed by atoms with Crippen molar-refractivity contribution in [1.82, 2.24) is 0 Å². The standard InChI is InChI=1S/C19H19FN2O3/c1-12-4-5-13(11-23)9-17(12)21-19(25)15-10-14(6-7-16(15)20)22-8-2-3-18(22)24/h4-7,9-10,23H,2-3,8,11H2,1H3,(H,21,25). The Labute approximate surface area is 145 Å². The second-order valence-corrected chi connectivity index (χ2v) is 6.07. The smallest absolute Gasteiger partial charge is 0.258 e. The number of benzene rings is 2. The summed E-state index contributed by atoms with van der Waals surface area (Å²) in [6.07, 6.45) is 1.22. The molecule has 5 nitrogen and oxygen atoms in total. The average molecular weight is 342 g/mol. The maximum atomic E-state index is 14.1. The molecule has 0 aliphatic carbocycles. The Hall–Kier alpha value is -2.73. The zero-order valence-electron chi connectivity index (χ0n) is 13.9. The van der Waals surface area contributed by atoms with Crippen LogP contribution in [0.25, 0.3) is 0 Å². The lowest BCUT2D eigenvalue weighted by Gasteiger charge is -2.17. The zero-order valence-corrected chi connectivity index (χ0v) is 13.9. The van der Waals surface area contributed by atoms with Gasteiger partial charge in [0.2, 0.25) is 5.91 Å². The Balaban J connectivity index is 1.88. The summed E-state index contributed by atoms with van der Waals surface area (Å²) in [5.74, 6) is -1.27. The van der Waals surface area contributed by atoms with Crippen LogP contribution in [0.15, 0.2) is 36.4 Å². The van der Waals surface area contributed by atoms with E-state index in [0.717, 1.165) is 12.0 Å².